The second-order valence-electron chi connectivity index (χ2n) is 15.6. The Labute approximate surface area is 338 Å². The number of aliphatic hydroxyl groups excluding tert-OH is 3. The summed E-state index contributed by atoms with van der Waals surface area (Å²) in [5.41, 5.74) is 1.40. The van der Waals surface area contributed by atoms with Gasteiger partial charge in [-0.05, 0) is 66.2 Å². The van der Waals surface area contributed by atoms with Crippen molar-refractivity contribution in [1.29, 1.82) is 0 Å². The number of phenols is 7. The molecule has 4 bridgehead atoms. The van der Waals surface area contributed by atoms with Gasteiger partial charge in [0.25, 0.3) is 0 Å². The van der Waals surface area contributed by atoms with E-state index in [-0.39, 0.29) is 103 Å². The summed E-state index contributed by atoms with van der Waals surface area (Å²) in [4.78, 5) is 0. The first kappa shape index (κ1) is 35.9. The van der Waals surface area contributed by atoms with Crippen LogP contribution in [-0.2, 0) is 18.0 Å². The zero-order valence-corrected chi connectivity index (χ0v) is 30.9. The van der Waals surface area contributed by atoms with Crippen LogP contribution in [0.2, 0.25) is 0 Å². The molecule has 0 unspecified atom stereocenters. The number of benzene rings is 6. The Balaban J connectivity index is 1.19. The zero-order chi connectivity index (χ0) is 41.6. The van der Waals surface area contributed by atoms with Crippen molar-refractivity contribution in [2.75, 3.05) is 0 Å². The predicted octanol–water partition coefficient (Wildman–Crippen LogP) is 4.92. The molecule has 0 radical (unpaired) electrons. The second-order valence-corrected chi connectivity index (χ2v) is 15.6. The van der Waals surface area contributed by atoms with Gasteiger partial charge in [-0.3, -0.25) is 0 Å². The van der Waals surface area contributed by atoms with Crippen LogP contribution in [0.15, 0.2) is 97.1 Å². The number of aromatic hydroxyl groups is 7. The topological polar surface area (TPSA) is 248 Å². The normalized spacial score (nSPS) is 27.4. The number of rotatable bonds is 3. The van der Waals surface area contributed by atoms with Crippen LogP contribution >= 0.6 is 0 Å². The van der Waals surface area contributed by atoms with E-state index in [9.17, 15) is 51.1 Å². The summed E-state index contributed by atoms with van der Waals surface area (Å²) in [6, 6.07) is 22.2. The molecule has 10 N–H and O–H groups in total. The summed E-state index contributed by atoms with van der Waals surface area (Å²) < 4.78 is 33.0. The van der Waals surface area contributed by atoms with Gasteiger partial charge in [-0.25, -0.2) is 0 Å². The van der Waals surface area contributed by atoms with Crippen molar-refractivity contribution < 1.29 is 74.7 Å². The average molecular weight is 815 g/mol. The molecule has 8 atom stereocenters. The van der Waals surface area contributed by atoms with Gasteiger partial charge < -0.3 is 74.7 Å². The van der Waals surface area contributed by atoms with E-state index in [1.54, 1.807) is 12.1 Å². The van der Waals surface area contributed by atoms with Crippen LogP contribution in [0.4, 0.5) is 0 Å². The third kappa shape index (κ3) is 4.75. The quantitative estimate of drug-likeness (QED) is 0.114. The van der Waals surface area contributed by atoms with Crippen LogP contribution in [0.5, 0.6) is 69.0 Å². The number of ether oxygens (including phenoxy) is 5. The van der Waals surface area contributed by atoms with Crippen LogP contribution in [0.1, 0.15) is 62.4 Å². The van der Waals surface area contributed by atoms with Crippen molar-refractivity contribution in [2.45, 2.75) is 54.2 Å². The SMILES string of the molecule is Oc1ccc([C@H]2Oc3c(c(O)cc4c3[C@H]3c5c(O)cc6c(c5O[C@](c5ccc(O)cc5)(O4)[C@@H]3O)[C@H]3c4c(O)cc(O)cc4O[C@](c4ccc(O)cc4)(O6)[C@H]3O)C[C@@H]2O)cc1. The fourth-order valence-electron chi connectivity index (χ4n) is 9.55. The van der Waals surface area contributed by atoms with Crippen molar-refractivity contribution in [2.24, 2.45) is 0 Å². The summed E-state index contributed by atoms with van der Waals surface area (Å²) in [6.07, 6.45) is -5.65. The molecule has 0 saturated heterocycles. The zero-order valence-electron chi connectivity index (χ0n) is 30.9. The lowest BCUT2D eigenvalue weighted by Crippen LogP contribution is -2.59. The Hall–Kier alpha value is -7.20. The lowest BCUT2D eigenvalue weighted by molar-refractivity contribution is -0.227. The number of aliphatic hydroxyl groups is 3. The van der Waals surface area contributed by atoms with Gasteiger partial charge in [-0.1, -0.05) is 12.1 Å². The smallest absolute Gasteiger partial charge is 0.305 e. The van der Waals surface area contributed by atoms with Gasteiger partial charge in [0.2, 0.25) is 0 Å². The molecular formula is C45H34O15. The molecule has 11 rings (SSSR count). The molecule has 304 valence electrons. The highest BCUT2D eigenvalue weighted by Gasteiger charge is 2.64. The van der Waals surface area contributed by atoms with E-state index in [1.807, 2.05) is 0 Å². The summed E-state index contributed by atoms with van der Waals surface area (Å²) in [5.74, 6) is -8.82. The van der Waals surface area contributed by atoms with E-state index in [0.29, 0.717) is 5.56 Å². The van der Waals surface area contributed by atoms with Crippen molar-refractivity contribution in [3.05, 3.63) is 142 Å². The predicted molar refractivity (Wildman–Crippen MR) is 205 cm³/mol. The first-order valence-electron chi connectivity index (χ1n) is 19.0. The molecule has 0 aromatic heterocycles. The number of phenolic OH excluding ortho intramolecular Hbond substituents is 7. The van der Waals surface area contributed by atoms with E-state index in [2.05, 4.69) is 0 Å². The van der Waals surface area contributed by atoms with Gasteiger partial charge in [0, 0.05) is 69.6 Å². The molecule has 0 saturated carbocycles. The van der Waals surface area contributed by atoms with Gasteiger partial charge in [0.1, 0.15) is 87.3 Å². The number of hydrogen-bond acceptors (Lipinski definition) is 15. The second kappa shape index (κ2) is 12.2. The largest absolute Gasteiger partial charge is 0.508 e. The van der Waals surface area contributed by atoms with Crippen LogP contribution in [0.25, 0.3) is 0 Å². The van der Waals surface area contributed by atoms with Crippen molar-refractivity contribution in [1.82, 2.24) is 0 Å². The molecule has 15 nitrogen and oxygen atoms in total. The maximum absolute atomic E-state index is 12.7. The van der Waals surface area contributed by atoms with E-state index in [4.69, 9.17) is 23.7 Å². The minimum Gasteiger partial charge on any atom is -0.508 e. The maximum Gasteiger partial charge on any atom is 0.305 e. The van der Waals surface area contributed by atoms with Crippen molar-refractivity contribution >= 4 is 0 Å². The molecule has 5 heterocycles. The molecule has 15 heteroatoms. The van der Waals surface area contributed by atoms with E-state index >= 15 is 0 Å². The Kier molecular flexibility index (Phi) is 7.29. The third-order valence-electron chi connectivity index (χ3n) is 12.2. The lowest BCUT2D eigenvalue weighted by atomic mass is 9.70. The Bertz CT molecular complexity index is 2770. The summed E-state index contributed by atoms with van der Waals surface area (Å²) in [6.45, 7) is 0. The highest BCUT2D eigenvalue weighted by atomic mass is 16.7. The third-order valence-corrected chi connectivity index (χ3v) is 12.2. The summed E-state index contributed by atoms with van der Waals surface area (Å²) in [5, 5.41) is 113. The fraction of sp³-hybridized carbons (Fsp3) is 0.200. The maximum atomic E-state index is 12.7. The monoisotopic (exact) mass is 814 g/mol. The van der Waals surface area contributed by atoms with Crippen molar-refractivity contribution in [3.8, 4) is 69.0 Å². The fourth-order valence-corrected chi connectivity index (χ4v) is 9.55. The van der Waals surface area contributed by atoms with Gasteiger partial charge in [-0.2, -0.15) is 0 Å². The molecule has 0 spiro atoms. The van der Waals surface area contributed by atoms with Gasteiger partial charge in [0.15, 0.2) is 0 Å². The van der Waals surface area contributed by atoms with Gasteiger partial charge in [0.05, 0.1) is 17.9 Å². The van der Waals surface area contributed by atoms with Gasteiger partial charge >= 0.3 is 11.6 Å². The number of fused-ring (bicyclic) bond motifs is 15. The molecule has 0 aliphatic carbocycles. The first-order valence-corrected chi connectivity index (χ1v) is 19.0. The van der Waals surface area contributed by atoms with Crippen LogP contribution in [0, 0.1) is 0 Å². The summed E-state index contributed by atoms with van der Waals surface area (Å²) in [7, 11) is 0. The van der Waals surface area contributed by atoms with Crippen LogP contribution in [-0.4, -0.2) is 69.4 Å². The number of hydrogen-bond donors (Lipinski definition) is 10. The summed E-state index contributed by atoms with van der Waals surface area (Å²) >= 11 is 0. The Morgan fingerprint density at radius 1 is 0.450 bits per heavy atom. The highest BCUT2D eigenvalue weighted by molar-refractivity contribution is 5.73. The molecule has 5 aliphatic heterocycles. The van der Waals surface area contributed by atoms with Crippen LogP contribution < -0.4 is 23.7 Å². The Morgan fingerprint density at radius 2 is 0.917 bits per heavy atom. The Morgan fingerprint density at radius 3 is 1.50 bits per heavy atom. The minimum atomic E-state index is -2.19. The first-order chi connectivity index (χ1) is 28.8. The van der Waals surface area contributed by atoms with E-state index < -0.39 is 59.3 Å². The molecule has 6 aromatic carbocycles. The molecule has 0 amide bonds. The van der Waals surface area contributed by atoms with E-state index in [0.717, 1.165) is 6.07 Å². The van der Waals surface area contributed by atoms with Crippen LogP contribution in [0.3, 0.4) is 0 Å². The molecule has 0 fully saturated rings. The van der Waals surface area contributed by atoms with Crippen molar-refractivity contribution in [3.63, 3.8) is 0 Å². The lowest BCUT2D eigenvalue weighted by Gasteiger charge is -2.53. The molecule has 5 aliphatic rings. The molecule has 60 heavy (non-hydrogen) atoms. The highest BCUT2D eigenvalue weighted by Crippen LogP contribution is 2.67. The van der Waals surface area contributed by atoms with Gasteiger partial charge in [-0.15, -0.1) is 0 Å². The van der Waals surface area contributed by atoms with E-state index in [1.165, 1.54) is 78.9 Å². The molecule has 6 aromatic rings. The standard InChI is InChI=1S/C45H34O15/c46-21-7-1-18(2-8-21)39-29(53)15-25-26(50)16-31-35(40(25)56-39)38-34-28(52)17-32-36(41(34)60-45(59-31,43(38)55)20-5-11-23(48)12-6-20)37-33-27(51)13-24(49)14-30(33)57-44(58-32,42(37)54)19-3-9-22(47)10-4-19/h1-14,16-17,29,37-39,42-43,46-55H,15H2/t29-,37+,38+,39+,42-,43+,44+,45-/m0/s1. The average Bonchev–Trinajstić information content (AvgIpc) is 3.20. The minimum absolute atomic E-state index is 0.00846. The molecular weight excluding hydrogens is 780 g/mol.